The summed E-state index contributed by atoms with van der Waals surface area (Å²) in [6.45, 7) is 2.15. The van der Waals surface area contributed by atoms with Crippen molar-refractivity contribution >= 4 is 23.3 Å². The van der Waals surface area contributed by atoms with Gasteiger partial charge < -0.3 is 10.1 Å². The largest absolute Gasteiger partial charge is 0.493 e. The first-order valence-corrected chi connectivity index (χ1v) is 6.21. The summed E-state index contributed by atoms with van der Waals surface area (Å²) < 4.78 is 5.43. The monoisotopic (exact) mass is 279 g/mol. The molecule has 1 amide bonds. The van der Waals surface area contributed by atoms with Gasteiger partial charge in [-0.15, -0.1) is 0 Å². The van der Waals surface area contributed by atoms with Crippen LogP contribution in [0.25, 0.3) is 0 Å². The van der Waals surface area contributed by atoms with Crippen molar-refractivity contribution < 1.29 is 9.53 Å². The van der Waals surface area contributed by atoms with Crippen molar-refractivity contribution in [1.82, 2.24) is 10.2 Å². The minimum absolute atomic E-state index is 0.145. The molecule has 0 radical (unpaired) electrons. The van der Waals surface area contributed by atoms with Gasteiger partial charge in [0, 0.05) is 16.8 Å². The molecule has 0 aliphatic heterocycles. The second-order valence-corrected chi connectivity index (χ2v) is 4.48. The van der Waals surface area contributed by atoms with Crippen molar-refractivity contribution in [1.29, 1.82) is 0 Å². The van der Waals surface area contributed by atoms with Crippen molar-refractivity contribution in [2.24, 2.45) is 0 Å². The summed E-state index contributed by atoms with van der Waals surface area (Å²) in [5, 5.41) is 9.95. The van der Waals surface area contributed by atoms with Crippen molar-refractivity contribution in [2.75, 3.05) is 11.9 Å². The summed E-state index contributed by atoms with van der Waals surface area (Å²) in [7, 11) is 0. The maximum atomic E-state index is 11.6. The first-order chi connectivity index (χ1) is 9.13. The SMILES string of the molecule is Cc1cc(NC(=O)CCOc2cccc(Cl)c2)n[nH]1. The van der Waals surface area contributed by atoms with E-state index in [0.717, 1.165) is 5.69 Å². The predicted molar refractivity (Wildman–Crippen MR) is 73.5 cm³/mol. The second-order valence-electron chi connectivity index (χ2n) is 4.04. The maximum absolute atomic E-state index is 11.6. The Hall–Kier alpha value is -2.01. The van der Waals surface area contributed by atoms with Crippen LogP contribution in [0.3, 0.4) is 0 Å². The molecule has 1 aromatic carbocycles. The number of hydrogen-bond acceptors (Lipinski definition) is 3. The van der Waals surface area contributed by atoms with E-state index in [2.05, 4.69) is 15.5 Å². The number of rotatable bonds is 5. The number of anilines is 1. The molecular weight excluding hydrogens is 266 g/mol. The Labute approximate surface area is 115 Å². The molecule has 2 aromatic rings. The molecule has 0 fully saturated rings. The van der Waals surface area contributed by atoms with E-state index < -0.39 is 0 Å². The minimum atomic E-state index is -0.145. The highest BCUT2D eigenvalue weighted by Gasteiger charge is 2.05. The fourth-order valence-electron chi connectivity index (χ4n) is 1.51. The highest BCUT2D eigenvalue weighted by Crippen LogP contribution is 2.17. The normalized spacial score (nSPS) is 10.2. The summed E-state index contributed by atoms with van der Waals surface area (Å²) in [6, 6.07) is 8.82. The standard InChI is InChI=1S/C13H14ClN3O2/c1-9-7-12(17-16-9)15-13(18)5-6-19-11-4-2-3-10(14)8-11/h2-4,7-8H,5-6H2,1H3,(H2,15,16,17,18). The molecule has 2 rings (SSSR count). The number of aromatic amines is 1. The molecule has 5 nitrogen and oxygen atoms in total. The number of hydrogen-bond donors (Lipinski definition) is 2. The molecule has 0 spiro atoms. The highest BCUT2D eigenvalue weighted by molar-refractivity contribution is 6.30. The topological polar surface area (TPSA) is 67.0 Å². The average molecular weight is 280 g/mol. The van der Waals surface area contributed by atoms with Gasteiger partial charge in [-0.05, 0) is 25.1 Å². The summed E-state index contributed by atoms with van der Waals surface area (Å²) in [6.07, 6.45) is 0.248. The van der Waals surface area contributed by atoms with Crippen LogP contribution in [-0.4, -0.2) is 22.7 Å². The number of carbonyl (C=O) groups excluding carboxylic acids is 1. The molecule has 0 saturated carbocycles. The number of aromatic nitrogens is 2. The molecule has 1 aromatic heterocycles. The lowest BCUT2D eigenvalue weighted by molar-refractivity contribution is -0.116. The van der Waals surface area contributed by atoms with Crippen molar-refractivity contribution in [2.45, 2.75) is 13.3 Å². The number of H-pyrrole nitrogens is 1. The number of halogens is 1. The minimum Gasteiger partial charge on any atom is -0.493 e. The van der Waals surface area contributed by atoms with Gasteiger partial charge in [0.25, 0.3) is 0 Å². The number of amides is 1. The van der Waals surface area contributed by atoms with Crippen LogP contribution < -0.4 is 10.1 Å². The van der Waals surface area contributed by atoms with Crippen molar-refractivity contribution in [3.63, 3.8) is 0 Å². The van der Waals surface area contributed by atoms with E-state index in [1.165, 1.54) is 0 Å². The van der Waals surface area contributed by atoms with Gasteiger partial charge in [0.15, 0.2) is 5.82 Å². The summed E-state index contributed by atoms with van der Waals surface area (Å²) in [5.74, 6) is 1.02. The van der Waals surface area contributed by atoms with Crippen LogP contribution in [0.5, 0.6) is 5.75 Å². The molecule has 0 aliphatic rings. The Morgan fingerprint density at radius 1 is 1.47 bits per heavy atom. The first kappa shape index (κ1) is 13.4. The van der Waals surface area contributed by atoms with Gasteiger partial charge in [-0.3, -0.25) is 9.89 Å². The van der Waals surface area contributed by atoms with E-state index in [1.54, 1.807) is 30.3 Å². The molecular formula is C13H14ClN3O2. The van der Waals surface area contributed by atoms with Gasteiger partial charge in [0.05, 0.1) is 13.0 Å². The number of nitrogens with zero attached hydrogens (tertiary/aromatic N) is 1. The van der Waals surface area contributed by atoms with E-state index in [9.17, 15) is 4.79 Å². The zero-order chi connectivity index (χ0) is 13.7. The zero-order valence-corrected chi connectivity index (χ0v) is 11.2. The Morgan fingerprint density at radius 3 is 3.00 bits per heavy atom. The fourth-order valence-corrected chi connectivity index (χ4v) is 1.69. The third-order valence-electron chi connectivity index (χ3n) is 2.37. The van der Waals surface area contributed by atoms with Crippen molar-refractivity contribution in [3.8, 4) is 5.75 Å². The second kappa shape index (κ2) is 6.24. The van der Waals surface area contributed by atoms with Gasteiger partial charge in [-0.25, -0.2) is 0 Å². The van der Waals surface area contributed by atoms with Gasteiger partial charge in [0.2, 0.25) is 5.91 Å². The van der Waals surface area contributed by atoms with E-state index in [4.69, 9.17) is 16.3 Å². The predicted octanol–water partition coefficient (Wildman–Crippen LogP) is 2.78. The Kier molecular flexibility index (Phi) is 4.41. The molecule has 0 aliphatic carbocycles. The van der Waals surface area contributed by atoms with E-state index in [1.807, 2.05) is 6.92 Å². The molecule has 0 saturated heterocycles. The third-order valence-corrected chi connectivity index (χ3v) is 2.60. The van der Waals surface area contributed by atoms with E-state index in [0.29, 0.717) is 16.6 Å². The van der Waals surface area contributed by atoms with Crippen LogP contribution in [-0.2, 0) is 4.79 Å². The Balaban J connectivity index is 1.75. The number of aryl methyl sites for hydroxylation is 1. The lowest BCUT2D eigenvalue weighted by Crippen LogP contribution is -2.15. The summed E-state index contributed by atoms with van der Waals surface area (Å²) in [4.78, 5) is 11.6. The Morgan fingerprint density at radius 2 is 2.32 bits per heavy atom. The lowest BCUT2D eigenvalue weighted by Gasteiger charge is -2.06. The molecule has 100 valence electrons. The van der Waals surface area contributed by atoms with Gasteiger partial charge in [-0.1, -0.05) is 17.7 Å². The summed E-state index contributed by atoms with van der Waals surface area (Å²) >= 11 is 5.82. The van der Waals surface area contributed by atoms with Crippen LogP contribution in [0.2, 0.25) is 5.02 Å². The molecule has 6 heteroatoms. The molecule has 0 unspecified atom stereocenters. The molecule has 0 bridgehead atoms. The van der Waals surface area contributed by atoms with Crippen molar-refractivity contribution in [3.05, 3.63) is 41.0 Å². The van der Waals surface area contributed by atoms with Crippen LogP contribution in [0.15, 0.2) is 30.3 Å². The number of ether oxygens (including phenoxy) is 1. The van der Waals surface area contributed by atoms with Gasteiger partial charge in [0.1, 0.15) is 5.75 Å². The first-order valence-electron chi connectivity index (χ1n) is 5.84. The van der Waals surface area contributed by atoms with Crippen LogP contribution in [0, 0.1) is 6.92 Å². The molecule has 1 heterocycles. The maximum Gasteiger partial charge on any atom is 0.229 e. The molecule has 2 N–H and O–H groups in total. The third kappa shape index (κ3) is 4.30. The number of nitrogens with one attached hydrogen (secondary N) is 2. The number of benzene rings is 1. The average Bonchev–Trinajstić information content (AvgIpc) is 2.75. The van der Waals surface area contributed by atoms with E-state index in [-0.39, 0.29) is 18.9 Å². The quantitative estimate of drug-likeness (QED) is 0.884. The molecule has 0 atom stereocenters. The lowest BCUT2D eigenvalue weighted by atomic mass is 10.3. The van der Waals surface area contributed by atoms with Gasteiger partial charge >= 0.3 is 0 Å². The van der Waals surface area contributed by atoms with E-state index >= 15 is 0 Å². The van der Waals surface area contributed by atoms with Crippen LogP contribution >= 0.6 is 11.6 Å². The fraction of sp³-hybridized carbons (Fsp3) is 0.231. The molecule has 19 heavy (non-hydrogen) atoms. The summed E-state index contributed by atoms with van der Waals surface area (Å²) in [5.41, 5.74) is 0.894. The highest BCUT2D eigenvalue weighted by atomic mass is 35.5. The smallest absolute Gasteiger partial charge is 0.229 e. The van der Waals surface area contributed by atoms with Crippen LogP contribution in [0.4, 0.5) is 5.82 Å². The van der Waals surface area contributed by atoms with Crippen LogP contribution in [0.1, 0.15) is 12.1 Å². The van der Waals surface area contributed by atoms with Gasteiger partial charge in [-0.2, -0.15) is 5.10 Å². The Bertz CT molecular complexity index is 569. The number of carbonyl (C=O) groups is 1. The zero-order valence-electron chi connectivity index (χ0n) is 10.4.